The Morgan fingerprint density at radius 3 is 2.75 bits per heavy atom. The van der Waals surface area contributed by atoms with Crippen LogP contribution in [0.4, 0.5) is 0 Å². The number of nitrogens with zero attached hydrogens (tertiary/aromatic N) is 2. The summed E-state index contributed by atoms with van der Waals surface area (Å²) in [6.45, 7) is 2.41. The summed E-state index contributed by atoms with van der Waals surface area (Å²) in [6.07, 6.45) is 9.68. The van der Waals surface area contributed by atoms with Crippen molar-refractivity contribution in [2.45, 2.75) is 79.8 Å². The van der Waals surface area contributed by atoms with Crippen LogP contribution in [-0.4, -0.2) is 68.5 Å². The second-order valence-corrected chi connectivity index (χ2v) is 13.0. The summed E-state index contributed by atoms with van der Waals surface area (Å²) in [7, 11) is 3.94. The lowest BCUT2D eigenvalue weighted by atomic mass is 9.54. The van der Waals surface area contributed by atoms with Gasteiger partial charge in [-0.1, -0.05) is 31.2 Å². The Hall–Kier alpha value is -1.76. The fourth-order valence-corrected chi connectivity index (χ4v) is 9.15. The van der Waals surface area contributed by atoms with Crippen molar-refractivity contribution in [3.05, 3.63) is 59.8 Å². The van der Waals surface area contributed by atoms with Crippen LogP contribution in [0.3, 0.4) is 0 Å². The highest BCUT2D eigenvalue weighted by Crippen LogP contribution is 2.71. The molecule has 1 saturated heterocycles. The summed E-state index contributed by atoms with van der Waals surface area (Å²) in [5.74, 6) is 0.259. The highest BCUT2D eigenvalue weighted by Gasteiger charge is 2.73. The first-order valence-corrected chi connectivity index (χ1v) is 13.7. The molecular weight excluding hydrogens is 472 g/mol. The molecule has 2 bridgehead atoms. The van der Waals surface area contributed by atoms with E-state index in [0.717, 1.165) is 48.6 Å². The van der Waals surface area contributed by atoms with Gasteiger partial charge in [0.2, 0.25) is 0 Å². The zero-order chi connectivity index (χ0) is 25.1. The number of aliphatic hydroxyl groups excluding tert-OH is 2. The maximum Gasteiger partial charge on any atom is 0.105 e. The number of ether oxygens (including phenoxy) is 1. The average molecular weight is 507 g/mol. The number of likely N-dealkylation sites (N-methyl/N-ethyl adjacent to an activating group) is 1. The minimum atomic E-state index is -0.949. The van der Waals surface area contributed by atoms with E-state index in [0.29, 0.717) is 6.42 Å². The van der Waals surface area contributed by atoms with E-state index in [1.165, 1.54) is 11.1 Å². The smallest absolute Gasteiger partial charge is 0.105 e. The molecule has 0 amide bonds. The minimum absolute atomic E-state index is 0.0428. The summed E-state index contributed by atoms with van der Waals surface area (Å²) in [4.78, 5) is 5.85. The van der Waals surface area contributed by atoms with Crippen molar-refractivity contribution in [3.63, 3.8) is 0 Å². The van der Waals surface area contributed by atoms with Crippen molar-refractivity contribution in [1.82, 2.24) is 9.88 Å². The van der Waals surface area contributed by atoms with Gasteiger partial charge in [-0.05, 0) is 92.9 Å². The number of allylic oxidation sites excluding steroid dienone is 2. The third-order valence-electron chi connectivity index (χ3n) is 10.6. The summed E-state index contributed by atoms with van der Waals surface area (Å²) in [6, 6.07) is 10.6. The lowest BCUT2D eigenvalue weighted by molar-refractivity contribution is -0.199. The Morgan fingerprint density at radius 2 is 1.94 bits per heavy atom. The van der Waals surface area contributed by atoms with Crippen molar-refractivity contribution in [2.24, 2.45) is 11.3 Å². The molecule has 2 N–H and O–H groups in total. The van der Waals surface area contributed by atoms with Crippen molar-refractivity contribution in [2.75, 3.05) is 14.1 Å². The van der Waals surface area contributed by atoms with E-state index in [9.17, 15) is 10.2 Å². The molecule has 190 valence electrons. The Balaban J connectivity index is 1.30. The Labute approximate surface area is 217 Å². The van der Waals surface area contributed by atoms with E-state index >= 15 is 0 Å². The van der Waals surface area contributed by atoms with Gasteiger partial charge in [-0.2, -0.15) is 0 Å². The summed E-state index contributed by atoms with van der Waals surface area (Å²) in [5.41, 5.74) is 3.41. The fourth-order valence-electron chi connectivity index (χ4n) is 8.67. The normalized spacial score (nSPS) is 45.2. The molecule has 7 rings (SSSR count). The molecular formula is C30H35ClN2O3. The van der Waals surface area contributed by atoms with Gasteiger partial charge < -0.3 is 19.8 Å². The van der Waals surface area contributed by atoms with Gasteiger partial charge in [0.05, 0.1) is 27.7 Å². The van der Waals surface area contributed by atoms with Crippen LogP contribution in [0.1, 0.15) is 51.0 Å². The van der Waals surface area contributed by atoms with Crippen LogP contribution >= 0.6 is 11.6 Å². The van der Waals surface area contributed by atoms with Crippen LogP contribution in [0.25, 0.3) is 16.5 Å². The molecule has 5 nitrogen and oxygen atoms in total. The second kappa shape index (κ2) is 7.42. The van der Waals surface area contributed by atoms with E-state index in [-0.39, 0.29) is 17.4 Å². The zero-order valence-corrected chi connectivity index (χ0v) is 22.0. The minimum Gasteiger partial charge on any atom is -0.388 e. The highest BCUT2D eigenvalue weighted by atomic mass is 35.5. The highest BCUT2D eigenvalue weighted by molar-refractivity contribution is 6.26. The lowest BCUT2D eigenvalue weighted by Crippen LogP contribution is -2.68. The van der Waals surface area contributed by atoms with E-state index in [2.05, 4.69) is 48.3 Å². The molecule has 2 unspecified atom stereocenters. The van der Waals surface area contributed by atoms with Gasteiger partial charge >= 0.3 is 0 Å². The standard InChI is InChI=1S/C30H35ClN2O3/c1-27-10-12-29(31)16-21-25(34)26(35)23(33(2)3)17-28(21)11-13-30(29,36-28)24(27)9-7-20(27)18-6-8-22-19(15-18)5-4-14-32-22/h4-8,14-16,23-26,34-35H,9-13,17H2,1-3H3/t23-,24?,25+,26+,27+,28+,29?,30-/m0/s1. The van der Waals surface area contributed by atoms with Gasteiger partial charge in [-0.3, -0.25) is 4.98 Å². The van der Waals surface area contributed by atoms with Crippen molar-refractivity contribution in [3.8, 4) is 0 Å². The van der Waals surface area contributed by atoms with Crippen LogP contribution < -0.4 is 0 Å². The molecule has 3 heterocycles. The average Bonchev–Trinajstić information content (AvgIpc) is 3.39. The Bertz CT molecular complexity index is 1320. The lowest BCUT2D eigenvalue weighted by Gasteiger charge is -2.61. The molecule has 36 heavy (non-hydrogen) atoms. The van der Waals surface area contributed by atoms with Crippen LogP contribution in [0, 0.1) is 11.3 Å². The molecule has 0 radical (unpaired) electrons. The SMILES string of the molecule is CN(C)[C@H]1C[C@@]23CC[C@]4(O2)C2CC=C(c5ccc6ncccc6c5)[C@@]2(C)CCC4(Cl)C=C3[C@@H](O)[C@@H]1O. The quantitative estimate of drug-likeness (QED) is 0.456. The Morgan fingerprint density at radius 1 is 1.11 bits per heavy atom. The summed E-state index contributed by atoms with van der Waals surface area (Å²) < 4.78 is 7.27. The number of fused-ring (bicyclic) bond motifs is 2. The molecule has 8 atom stereocenters. The van der Waals surface area contributed by atoms with Gasteiger partial charge in [-0.25, -0.2) is 0 Å². The third-order valence-corrected chi connectivity index (χ3v) is 11.2. The van der Waals surface area contributed by atoms with Crippen LogP contribution in [-0.2, 0) is 4.74 Å². The largest absolute Gasteiger partial charge is 0.388 e. The number of aromatic nitrogens is 1. The van der Waals surface area contributed by atoms with Crippen LogP contribution in [0.15, 0.2) is 54.3 Å². The topological polar surface area (TPSA) is 65.8 Å². The van der Waals surface area contributed by atoms with Crippen molar-refractivity contribution in [1.29, 1.82) is 0 Å². The van der Waals surface area contributed by atoms with Gasteiger partial charge in [0.15, 0.2) is 0 Å². The van der Waals surface area contributed by atoms with E-state index in [4.69, 9.17) is 16.3 Å². The molecule has 2 saturated carbocycles. The molecule has 3 fully saturated rings. The number of hydrogen-bond acceptors (Lipinski definition) is 5. The summed E-state index contributed by atoms with van der Waals surface area (Å²) >= 11 is 7.55. The fraction of sp³-hybridized carbons (Fsp3) is 0.567. The molecule has 3 aliphatic carbocycles. The number of halogens is 1. The second-order valence-electron chi connectivity index (χ2n) is 12.4. The summed E-state index contributed by atoms with van der Waals surface area (Å²) in [5, 5.41) is 23.3. The first kappa shape index (κ1) is 23.4. The maximum absolute atomic E-state index is 11.2. The number of alkyl halides is 1. The van der Waals surface area contributed by atoms with E-state index in [1.807, 2.05) is 31.3 Å². The van der Waals surface area contributed by atoms with Gasteiger partial charge in [-0.15, -0.1) is 11.6 Å². The van der Waals surface area contributed by atoms with Crippen molar-refractivity contribution < 1.29 is 14.9 Å². The van der Waals surface area contributed by atoms with E-state index < -0.39 is 28.3 Å². The van der Waals surface area contributed by atoms with Crippen LogP contribution in [0.5, 0.6) is 0 Å². The van der Waals surface area contributed by atoms with E-state index in [1.54, 1.807) is 0 Å². The molecule has 2 spiro atoms. The first-order chi connectivity index (χ1) is 17.1. The number of pyridine rings is 1. The van der Waals surface area contributed by atoms with Gasteiger partial charge in [0.25, 0.3) is 0 Å². The van der Waals surface area contributed by atoms with Gasteiger partial charge in [0, 0.05) is 23.5 Å². The number of aliphatic hydroxyl groups is 2. The Kier molecular flexibility index (Phi) is 4.82. The maximum atomic E-state index is 11.2. The number of hydrogen-bond donors (Lipinski definition) is 2. The molecule has 2 aromatic rings. The number of rotatable bonds is 2. The zero-order valence-electron chi connectivity index (χ0n) is 21.2. The molecule has 1 aromatic carbocycles. The predicted molar refractivity (Wildman–Crippen MR) is 142 cm³/mol. The molecule has 6 heteroatoms. The third kappa shape index (κ3) is 2.79. The van der Waals surface area contributed by atoms with Gasteiger partial charge in [0.1, 0.15) is 6.10 Å². The predicted octanol–water partition coefficient (Wildman–Crippen LogP) is 4.70. The monoisotopic (exact) mass is 506 g/mol. The van der Waals surface area contributed by atoms with Crippen molar-refractivity contribution >= 4 is 28.1 Å². The molecule has 1 aromatic heterocycles. The number of benzene rings is 1. The molecule has 2 aliphatic heterocycles. The van der Waals surface area contributed by atoms with Crippen LogP contribution in [0.2, 0.25) is 0 Å². The first-order valence-electron chi connectivity index (χ1n) is 13.3. The molecule has 5 aliphatic rings.